The predicted molar refractivity (Wildman–Crippen MR) is 153 cm³/mol. The minimum atomic E-state index is -0.761. The van der Waals surface area contributed by atoms with Gasteiger partial charge >= 0.3 is 6.09 Å². The minimum Gasteiger partial charge on any atom is -0.452 e. The van der Waals surface area contributed by atoms with E-state index in [9.17, 15) is 13.6 Å². The number of nitrogen functional groups attached to an aromatic ring is 2. The van der Waals surface area contributed by atoms with Crippen LogP contribution in [0.3, 0.4) is 0 Å². The third-order valence-electron chi connectivity index (χ3n) is 6.63. The van der Waals surface area contributed by atoms with Gasteiger partial charge in [-0.15, -0.1) is 0 Å². The lowest BCUT2D eigenvalue weighted by molar-refractivity contribution is 0.178. The molecular weight excluding hydrogens is 544 g/mol. The Kier molecular flexibility index (Phi) is 6.74. The first-order valence-corrected chi connectivity index (χ1v) is 12.7. The van der Waals surface area contributed by atoms with Gasteiger partial charge in [-0.1, -0.05) is 42.5 Å². The standard InChI is InChI=1S/C29H23F2N9O2/c1-42-29(41)39(15-19-11-10-16-6-3-5-9-21(16)35-19)25-26(32)36-28(37-27(25)33)40-23-13-18(30)14-34-24(23)22(38-40)12-17-7-2-4-8-20(17)31/h2-11,13-14H,12,15H2,1H3,(H4,32,33,36,37). The van der Waals surface area contributed by atoms with Crippen LogP contribution in [-0.4, -0.2) is 42.9 Å². The number of para-hydroxylation sites is 1. The van der Waals surface area contributed by atoms with Crippen LogP contribution in [0.15, 0.2) is 72.9 Å². The number of fused-ring (bicyclic) bond motifs is 2. The Balaban J connectivity index is 1.41. The lowest BCUT2D eigenvalue weighted by Crippen LogP contribution is -2.32. The van der Waals surface area contributed by atoms with Crippen LogP contribution in [0.2, 0.25) is 0 Å². The van der Waals surface area contributed by atoms with Crippen molar-refractivity contribution in [3.05, 3.63) is 102 Å². The van der Waals surface area contributed by atoms with Gasteiger partial charge in [-0.3, -0.25) is 9.88 Å². The van der Waals surface area contributed by atoms with Crippen molar-refractivity contribution in [2.45, 2.75) is 13.0 Å². The Bertz CT molecular complexity index is 1960. The van der Waals surface area contributed by atoms with Crippen molar-refractivity contribution in [1.29, 1.82) is 0 Å². The maximum atomic E-state index is 14.4. The van der Waals surface area contributed by atoms with Crippen LogP contribution in [0.5, 0.6) is 0 Å². The van der Waals surface area contributed by atoms with Gasteiger partial charge in [0, 0.05) is 17.9 Å². The molecule has 0 bridgehead atoms. The molecular formula is C29H23F2N9O2. The van der Waals surface area contributed by atoms with Crippen molar-refractivity contribution in [2.24, 2.45) is 0 Å². The molecule has 4 aromatic heterocycles. The maximum absolute atomic E-state index is 14.4. The molecule has 11 nitrogen and oxygen atoms in total. The highest BCUT2D eigenvalue weighted by molar-refractivity contribution is 5.95. The van der Waals surface area contributed by atoms with Crippen LogP contribution in [0, 0.1) is 11.6 Å². The van der Waals surface area contributed by atoms with Crippen molar-refractivity contribution in [3.63, 3.8) is 0 Å². The summed E-state index contributed by atoms with van der Waals surface area (Å²) in [5.74, 6) is -1.46. The highest BCUT2D eigenvalue weighted by Crippen LogP contribution is 2.32. The second kappa shape index (κ2) is 10.7. The van der Waals surface area contributed by atoms with Gasteiger partial charge in [-0.25, -0.2) is 18.6 Å². The first kappa shape index (κ1) is 26.5. The molecule has 210 valence electrons. The summed E-state index contributed by atoms with van der Waals surface area (Å²) in [5.41, 5.74) is 15.2. The second-order valence-electron chi connectivity index (χ2n) is 9.34. The van der Waals surface area contributed by atoms with E-state index in [1.54, 1.807) is 24.3 Å². The first-order valence-electron chi connectivity index (χ1n) is 12.7. The third-order valence-corrected chi connectivity index (χ3v) is 6.63. The number of pyridine rings is 2. The summed E-state index contributed by atoms with van der Waals surface area (Å²) < 4.78 is 34.9. The second-order valence-corrected chi connectivity index (χ2v) is 9.34. The Labute approximate surface area is 237 Å². The van der Waals surface area contributed by atoms with Gasteiger partial charge in [-0.2, -0.15) is 19.7 Å². The molecule has 6 aromatic rings. The van der Waals surface area contributed by atoms with Crippen molar-refractivity contribution < 1.29 is 18.3 Å². The van der Waals surface area contributed by atoms with Gasteiger partial charge in [0.25, 0.3) is 5.95 Å². The number of amides is 1. The normalized spacial score (nSPS) is 11.2. The number of ether oxygens (including phenoxy) is 1. The number of rotatable bonds is 6. The van der Waals surface area contributed by atoms with Crippen LogP contribution in [-0.2, 0) is 17.7 Å². The van der Waals surface area contributed by atoms with Gasteiger partial charge in [0.05, 0.1) is 42.3 Å². The monoisotopic (exact) mass is 567 g/mol. The number of carbonyl (C=O) groups excluding carboxylic acids is 1. The number of benzene rings is 2. The molecule has 0 radical (unpaired) electrons. The van der Waals surface area contributed by atoms with Crippen LogP contribution < -0.4 is 16.4 Å². The number of hydrogen-bond acceptors (Lipinski definition) is 9. The molecule has 0 saturated heterocycles. The molecule has 4 N–H and O–H groups in total. The molecule has 42 heavy (non-hydrogen) atoms. The highest BCUT2D eigenvalue weighted by Gasteiger charge is 2.26. The number of halogens is 2. The first-order chi connectivity index (χ1) is 20.3. The Morgan fingerprint density at radius 2 is 1.71 bits per heavy atom. The van der Waals surface area contributed by atoms with Crippen molar-refractivity contribution >= 4 is 45.4 Å². The Morgan fingerprint density at radius 3 is 2.48 bits per heavy atom. The summed E-state index contributed by atoms with van der Waals surface area (Å²) in [6, 6.07) is 18.7. The van der Waals surface area contributed by atoms with E-state index in [2.05, 4.69) is 25.0 Å². The topological polar surface area (TPSA) is 151 Å². The summed E-state index contributed by atoms with van der Waals surface area (Å²) in [7, 11) is 1.22. The Morgan fingerprint density at radius 1 is 0.976 bits per heavy atom. The van der Waals surface area contributed by atoms with Gasteiger partial charge in [0.15, 0.2) is 11.6 Å². The van der Waals surface area contributed by atoms with Crippen molar-refractivity contribution in [3.8, 4) is 5.95 Å². The molecule has 0 fully saturated rings. The zero-order chi connectivity index (χ0) is 29.4. The quantitative estimate of drug-likeness (QED) is 0.295. The molecule has 0 spiro atoms. The Hall–Kier alpha value is -5.72. The molecule has 0 aliphatic heterocycles. The van der Waals surface area contributed by atoms with Gasteiger partial charge in [0.2, 0.25) is 0 Å². The molecule has 0 atom stereocenters. The SMILES string of the molecule is COC(=O)N(Cc1ccc2ccccc2n1)c1c(N)nc(-n2nc(Cc3ccccc3F)c3ncc(F)cc32)nc1N. The summed E-state index contributed by atoms with van der Waals surface area (Å²) in [6.07, 6.45) is 0.357. The average Bonchev–Trinajstić information content (AvgIpc) is 3.34. The van der Waals surface area contributed by atoms with E-state index in [1.807, 2.05) is 30.3 Å². The average molecular weight is 568 g/mol. The number of anilines is 3. The summed E-state index contributed by atoms with van der Waals surface area (Å²) >= 11 is 0. The fraction of sp³-hybridized carbons (Fsp3) is 0.103. The van der Waals surface area contributed by atoms with Crippen molar-refractivity contribution in [2.75, 3.05) is 23.5 Å². The van der Waals surface area contributed by atoms with Crippen LogP contribution >= 0.6 is 0 Å². The number of hydrogen-bond donors (Lipinski definition) is 2. The van der Waals surface area contributed by atoms with E-state index in [0.717, 1.165) is 17.1 Å². The number of nitrogens with two attached hydrogens (primary N) is 2. The largest absolute Gasteiger partial charge is 0.452 e. The summed E-state index contributed by atoms with van der Waals surface area (Å²) in [6.45, 7) is -0.0404. The molecule has 0 aliphatic rings. The number of carbonyl (C=O) groups is 1. The molecule has 0 saturated carbocycles. The zero-order valence-electron chi connectivity index (χ0n) is 22.2. The number of methoxy groups -OCH3 is 1. The lowest BCUT2D eigenvalue weighted by Gasteiger charge is -2.23. The molecule has 0 aliphatic carbocycles. The summed E-state index contributed by atoms with van der Waals surface area (Å²) in [4.78, 5) is 31.5. The van der Waals surface area contributed by atoms with Gasteiger partial charge < -0.3 is 16.2 Å². The molecule has 6 rings (SSSR count). The van der Waals surface area contributed by atoms with Crippen LogP contribution in [0.1, 0.15) is 17.0 Å². The maximum Gasteiger partial charge on any atom is 0.414 e. The van der Waals surface area contributed by atoms with Crippen molar-refractivity contribution in [1.82, 2.24) is 29.7 Å². The zero-order valence-corrected chi connectivity index (χ0v) is 22.2. The van der Waals surface area contributed by atoms with E-state index in [-0.39, 0.29) is 41.8 Å². The molecule has 13 heteroatoms. The smallest absolute Gasteiger partial charge is 0.414 e. The molecule has 2 aromatic carbocycles. The highest BCUT2D eigenvalue weighted by atomic mass is 19.1. The molecule has 1 amide bonds. The summed E-state index contributed by atoms with van der Waals surface area (Å²) in [5, 5.41) is 5.45. The van der Waals surface area contributed by atoms with E-state index in [0.29, 0.717) is 22.5 Å². The van der Waals surface area contributed by atoms with E-state index in [4.69, 9.17) is 16.2 Å². The fourth-order valence-corrected chi connectivity index (χ4v) is 4.68. The van der Waals surface area contributed by atoms with Crippen LogP contribution in [0.25, 0.3) is 27.9 Å². The molecule has 0 unspecified atom stereocenters. The minimum absolute atomic E-state index is 0.00732. The van der Waals surface area contributed by atoms with E-state index in [1.165, 1.54) is 28.8 Å². The predicted octanol–water partition coefficient (Wildman–Crippen LogP) is 4.57. The van der Waals surface area contributed by atoms with E-state index >= 15 is 0 Å². The third kappa shape index (κ3) is 4.87. The number of aromatic nitrogens is 6. The molecule has 4 heterocycles. The fourth-order valence-electron chi connectivity index (χ4n) is 4.68. The van der Waals surface area contributed by atoms with Gasteiger partial charge in [0.1, 0.15) is 22.8 Å². The lowest BCUT2D eigenvalue weighted by atomic mass is 10.1. The van der Waals surface area contributed by atoms with Gasteiger partial charge in [-0.05, 0) is 23.8 Å². The van der Waals surface area contributed by atoms with E-state index < -0.39 is 17.7 Å². The number of nitrogens with zero attached hydrogens (tertiary/aromatic N) is 7. The van der Waals surface area contributed by atoms with Crippen LogP contribution in [0.4, 0.5) is 30.9 Å².